The highest BCUT2D eigenvalue weighted by atomic mass is 19.4. The van der Waals surface area contributed by atoms with E-state index in [1.54, 1.807) is 0 Å². The molecule has 0 aromatic heterocycles. The number of aliphatic hydroxyl groups is 1. The maximum absolute atomic E-state index is 12.7. The molecule has 0 heterocycles. The summed E-state index contributed by atoms with van der Waals surface area (Å²) in [4.78, 5) is 0. The molecular weight excluding hydrogens is 288 g/mol. The molecule has 1 aromatic carbocycles. The van der Waals surface area contributed by atoms with Crippen LogP contribution in [-0.2, 0) is 11.8 Å². The molecule has 0 spiro atoms. The van der Waals surface area contributed by atoms with Crippen LogP contribution in [-0.4, -0.2) is 11.3 Å². The van der Waals surface area contributed by atoms with Crippen molar-refractivity contribution in [2.75, 3.05) is 0 Å². The van der Waals surface area contributed by atoms with Gasteiger partial charge in [-0.1, -0.05) is 12.6 Å². The summed E-state index contributed by atoms with van der Waals surface area (Å²) in [6, 6.07) is 2.49. The Hall–Kier alpha value is -2.01. The first kappa shape index (κ1) is 16.0. The zero-order valence-electron chi connectivity index (χ0n) is 9.68. The quantitative estimate of drug-likeness (QED) is 0.670. The lowest BCUT2D eigenvalue weighted by Gasteiger charge is -2.28. The van der Waals surface area contributed by atoms with E-state index in [1.165, 1.54) is 6.07 Å². The monoisotopic (exact) mass is 295 g/mol. The molecule has 0 saturated heterocycles. The van der Waals surface area contributed by atoms with Crippen molar-refractivity contribution in [2.45, 2.75) is 18.0 Å². The zero-order valence-corrected chi connectivity index (χ0v) is 9.68. The maximum Gasteiger partial charge on any atom is 0.425 e. The van der Waals surface area contributed by atoms with E-state index in [2.05, 4.69) is 6.58 Å². The van der Waals surface area contributed by atoms with Crippen LogP contribution >= 0.6 is 0 Å². The molecule has 0 fully saturated rings. The Balaban J connectivity index is 3.58. The van der Waals surface area contributed by atoms with Gasteiger partial charge in [-0.25, -0.2) is 0 Å². The normalized spacial score (nSPS) is 15.3. The molecule has 2 nitrogen and oxygen atoms in total. The fourth-order valence-electron chi connectivity index (χ4n) is 1.51. The molecular formula is C12H7F6NO. The molecule has 0 bridgehead atoms. The van der Waals surface area contributed by atoms with Crippen LogP contribution in [0, 0.1) is 11.3 Å². The van der Waals surface area contributed by atoms with Crippen molar-refractivity contribution in [2.24, 2.45) is 0 Å². The van der Waals surface area contributed by atoms with Crippen LogP contribution in [0.3, 0.4) is 0 Å². The molecule has 1 N–H and O–H groups in total. The topological polar surface area (TPSA) is 44.0 Å². The third-order valence-corrected chi connectivity index (χ3v) is 2.61. The van der Waals surface area contributed by atoms with Gasteiger partial charge in [-0.05, 0) is 23.8 Å². The van der Waals surface area contributed by atoms with E-state index in [0.717, 1.165) is 0 Å². The van der Waals surface area contributed by atoms with Crippen LogP contribution < -0.4 is 0 Å². The summed E-state index contributed by atoms with van der Waals surface area (Å²) in [5.41, 5.74) is -7.08. The van der Waals surface area contributed by atoms with Crippen molar-refractivity contribution in [1.82, 2.24) is 0 Å². The van der Waals surface area contributed by atoms with Crippen molar-refractivity contribution >= 4 is 0 Å². The van der Waals surface area contributed by atoms with Crippen LogP contribution in [0.4, 0.5) is 26.3 Å². The summed E-state index contributed by atoms with van der Waals surface area (Å²) in [6.45, 7) is 2.79. The number of rotatable bonds is 2. The fourth-order valence-corrected chi connectivity index (χ4v) is 1.51. The second-order valence-corrected chi connectivity index (χ2v) is 3.84. The number of hydrogen-bond acceptors (Lipinski definition) is 2. The molecule has 0 aliphatic rings. The molecule has 108 valence electrons. The highest BCUT2D eigenvalue weighted by molar-refractivity contribution is 5.45. The lowest BCUT2D eigenvalue weighted by atomic mass is 9.90. The van der Waals surface area contributed by atoms with Crippen LogP contribution in [0.1, 0.15) is 16.7 Å². The van der Waals surface area contributed by atoms with Gasteiger partial charge in [-0.3, -0.25) is 0 Å². The number of hydrogen-bond donors (Lipinski definition) is 1. The minimum absolute atomic E-state index is 0.0910. The van der Waals surface area contributed by atoms with Crippen LogP contribution in [0.25, 0.3) is 0 Å². The van der Waals surface area contributed by atoms with Crippen molar-refractivity contribution in [1.29, 1.82) is 5.26 Å². The van der Waals surface area contributed by atoms with Gasteiger partial charge in [0.25, 0.3) is 0 Å². The maximum atomic E-state index is 12.7. The lowest BCUT2D eigenvalue weighted by Crippen LogP contribution is -2.40. The van der Waals surface area contributed by atoms with Crippen LogP contribution in [0.15, 0.2) is 30.9 Å². The number of benzene rings is 1. The van der Waals surface area contributed by atoms with Gasteiger partial charge in [0, 0.05) is 0 Å². The fraction of sp³-hybridized carbons (Fsp3) is 0.250. The summed E-state index contributed by atoms with van der Waals surface area (Å²) in [5.74, 6) is 0. The van der Waals surface area contributed by atoms with Gasteiger partial charge in [0.15, 0.2) is 0 Å². The average Bonchev–Trinajstić information content (AvgIpc) is 2.34. The summed E-state index contributed by atoms with van der Waals surface area (Å²) in [5, 5.41) is 18.0. The second-order valence-electron chi connectivity index (χ2n) is 3.84. The molecule has 1 atom stereocenters. The number of halogens is 6. The smallest absolute Gasteiger partial charge is 0.373 e. The Morgan fingerprint density at radius 2 is 1.70 bits per heavy atom. The zero-order chi connectivity index (χ0) is 15.8. The Morgan fingerprint density at radius 3 is 2.05 bits per heavy atom. The standard InChI is InChI=1S/C12H7F6NO/c1-2-10(20,12(16,17)18)8-4-3-7(6-19)9(5-8)11(13,14)15/h2-5,20H,1H2. The van der Waals surface area contributed by atoms with Crippen molar-refractivity contribution in [3.05, 3.63) is 47.5 Å². The van der Waals surface area contributed by atoms with Gasteiger partial charge in [0.05, 0.1) is 17.2 Å². The predicted molar refractivity (Wildman–Crippen MR) is 56.3 cm³/mol. The molecule has 0 aliphatic heterocycles. The second kappa shape index (κ2) is 4.83. The molecule has 1 unspecified atom stereocenters. The SMILES string of the molecule is C=CC(O)(c1ccc(C#N)c(C(F)(F)F)c1)C(F)(F)F. The average molecular weight is 295 g/mol. The van der Waals surface area contributed by atoms with Gasteiger partial charge < -0.3 is 5.11 Å². The minimum Gasteiger partial charge on any atom is -0.373 e. The Bertz CT molecular complexity index is 569. The number of alkyl halides is 6. The first-order valence-electron chi connectivity index (χ1n) is 5.02. The first-order valence-corrected chi connectivity index (χ1v) is 5.02. The van der Waals surface area contributed by atoms with E-state index in [4.69, 9.17) is 5.26 Å². The summed E-state index contributed by atoms with van der Waals surface area (Å²) >= 11 is 0. The van der Waals surface area contributed by atoms with Gasteiger partial charge in [-0.15, -0.1) is 0 Å². The van der Waals surface area contributed by atoms with Gasteiger partial charge in [0.1, 0.15) is 0 Å². The molecule has 0 saturated carbocycles. The third kappa shape index (κ3) is 2.63. The van der Waals surface area contributed by atoms with Crippen molar-refractivity contribution in [3.8, 4) is 6.07 Å². The van der Waals surface area contributed by atoms with E-state index in [1.807, 2.05) is 0 Å². The van der Waals surface area contributed by atoms with E-state index in [9.17, 15) is 31.4 Å². The van der Waals surface area contributed by atoms with Gasteiger partial charge in [0.2, 0.25) is 5.60 Å². The van der Waals surface area contributed by atoms with Crippen LogP contribution in [0.2, 0.25) is 0 Å². The molecule has 0 amide bonds. The van der Waals surface area contributed by atoms with E-state index in [-0.39, 0.29) is 12.1 Å². The Morgan fingerprint density at radius 1 is 1.15 bits per heavy atom. The van der Waals surface area contributed by atoms with Crippen LogP contribution in [0.5, 0.6) is 0 Å². The van der Waals surface area contributed by atoms with Crippen molar-refractivity contribution in [3.63, 3.8) is 0 Å². The minimum atomic E-state index is -5.24. The number of nitriles is 1. The molecule has 1 rings (SSSR count). The molecule has 1 aromatic rings. The highest BCUT2D eigenvalue weighted by Gasteiger charge is 2.53. The Kier molecular flexibility index (Phi) is 3.87. The van der Waals surface area contributed by atoms with E-state index < -0.39 is 34.6 Å². The third-order valence-electron chi connectivity index (χ3n) is 2.61. The lowest BCUT2D eigenvalue weighted by molar-refractivity contribution is -0.245. The molecule has 0 aliphatic carbocycles. The van der Waals surface area contributed by atoms with Gasteiger partial charge in [-0.2, -0.15) is 31.6 Å². The summed E-state index contributed by atoms with van der Waals surface area (Å²) in [6.07, 6.45) is -10.2. The van der Waals surface area contributed by atoms with Crippen molar-refractivity contribution < 1.29 is 31.4 Å². The summed E-state index contributed by atoms with van der Waals surface area (Å²) < 4.78 is 76.2. The number of nitrogens with zero attached hydrogens (tertiary/aromatic N) is 1. The Labute approximate surface area is 109 Å². The molecule has 0 radical (unpaired) electrons. The summed E-state index contributed by atoms with van der Waals surface area (Å²) in [7, 11) is 0. The van der Waals surface area contributed by atoms with E-state index >= 15 is 0 Å². The molecule has 20 heavy (non-hydrogen) atoms. The highest BCUT2D eigenvalue weighted by Crippen LogP contribution is 2.42. The van der Waals surface area contributed by atoms with Gasteiger partial charge >= 0.3 is 12.4 Å². The molecule has 8 heteroatoms. The predicted octanol–water partition coefficient (Wildman–Crippen LogP) is 3.51. The van der Waals surface area contributed by atoms with E-state index in [0.29, 0.717) is 12.1 Å². The first-order chi connectivity index (χ1) is 8.97. The largest absolute Gasteiger partial charge is 0.425 e.